The zero-order chi connectivity index (χ0) is 27.3. The standard InChI is InChI=1S/C28H19F2N3O4S2/c29-16-8-6-15(7-9-16)21-22-23(26(36)33(25(22)35)19-12-10-17(30)11-13-19)38-27-24(21)39-28(37)32(27)14-20(34)31-18-4-2-1-3-5-18/h1-13,21-23H,14H2,(H,31,34)/t21-,22?,23?/m1/s1. The predicted molar refractivity (Wildman–Crippen MR) is 144 cm³/mol. The van der Waals surface area contributed by atoms with Gasteiger partial charge in [0.05, 0.1) is 16.6 Å². The summed E-state index contributed by atoms with van der Waals surface area (Å²) in [7, 11) is 0. The van der Waals surface area contributed by atoms with E-state index in [9.17, 15) is 28.0 Å². The summed E-state index contributed by atoms with van der Waals surface area (Å²) >= 11 is 1.98. The summed E-state index contributed by atoms with van der Waals surface area (Å²) in [5.41, 5.74) is 1.38. The van der Waals surface area contributed by atoms with Crippen molar-refractivity contribution < 1.29 is 23.2 Å². The van der Waals surface area contributed by atoms with Crippen LogP contribution in [-0.4, -0.2) is 27.5 Å². The molecule has 0 spiro atoms. The van der Waals surface area contributed by atoms with Gasteiger partial charge >= 0.3 is 4.87 Å². The van der Waals surface area contributed by atoms with Crippen molar-refractivity contribution in [3.8, 4) is 0 Å². The number of fused-ring (bicyclic) bond motifs is 2. The number of anilines is 2. The normalized spacial score (nSPS) is 20.1. The topological polar surface area (TPSA) is 88.5 Å². The maximum atomic E-state index is 13.8. The lowest BCUT2D eigenvalue weighted by Crippen LogP contribution is -2.33. The van der Waals surface area contributed by atoms with Crippen LogP contribution in [0.2, 0.25) is 0 Å². The molecule has 7 nitrogen and oxygen atoms in total. The Balaban J connectivity index is 1.42. The second-order valence-electron chi connectivity index (χ2n) is 9.12. The van der Waals surface area contributed by atoms with E-state index in [1.54, 1.807) is 24.3 Å². The predicted octanol–water partition coefficient (Wildman–Crippen LogP) is 4.62. The monoisotopic (exact) mass is 563 g/mol. The van der Waals surface area contributed by atoms with Gasteiger partial charge in [0.25, 0.3) is 0 Å². The van der Waals surface area contributed by atoms with Crippen LogP contribution in [0.15, 0.2) is 88.7 Å². The van der Waals surface area contributed by atoms with Crippen LogP contribution < -0.4 is 15.1 Å². The van der Waals surface area contributed by atoms with E-state index in [1.165, 1.54) is 53.1 Å². The number of hydrogen-bond donors (Lipinski definition) is 1. The molecule has 39 heavy (non-hydrogen) atoms. The summed E-state index contributed by atoms with van der Waals surface area (Å²) < 4.78 is 28.7. The summed E-state index contributed by atoms with van der Waals surface area (Å²) in [6, 6.07) is 19.4. The molecule has 2 unspecified atom stereocenters. The SMILES string of the molecule is O=C(Cn1c2c(sc1=O)[C@H](c1ccc(F)cc1)C1C(=O)N(c3ccc(F)cc3)C(=O)C1S2)Nc1ccccc1. The number of nitrogens with one attached hydrogen (secondary N) is 1. The summed E-state index contributed by atoms with van der Waals surface area (Å²) in [4.78, 5) is 54.5. The van der Waals surface area contributed by atoms with Crippen molar-refractivity contribution in [1.29, 1.82) is 0 Å². The first-order valence-corrected chi connectivity index (χ1v) is 13.7. The molecule has 1 N–H and O–H groups in total. The fraction of sp³-hybridized carbons (Fsp3) is 0.143. The molecule has 2 aliphatic heterocycles. The van der Waals surface area contributed by atoms with Gasteiger partial charge in [-0.25, -0.2) is 13.7 Å². The van der Waals surface area contributed by atoms with Gasteiger partial charge in [-0.05, 0) is 54.1 Å². The van der Waals surface area contributed by atoms with E-state index in [1.807, 2.05) is 6.07 Å². The number of para-hydroxylation sites is 1. The van der Waals surface area contributed by atoms with Gasteiger partial charge in [-0.1, -0.05) is 53.4 Å². The number of aromatic nitrogens is 1. The highest BCUT2D eigenvalue weighted by Gasteiger charge is 2.56. The Kier molecular flexibility index (Phi) is 6.40. The van der Waals surface area contributed by atoms with E-state index in [4.69, 9.17) is 0 Å². The number of carbonyl (C=O) groups is 3. The van der Waals surface area contributed by atoms with E-state index in [2.05, 4.69) is 5.32 Å². The van der Waals surface area contributed by atoms with Crippen LogP contribution >= 0.6 is 23.1 Å². The first-order valence-electron chi connectivity index (χ1n) is 12.0. The minimum atomic E-state index is -0.900. The zero-order valence-electron chi connectivity index (χ0n) is 20.0. The number of thiazole rings is 1. The van der Waals surface area contributed by atoms with Crippen molar-refractivity contribution in [3.63, 3.8) is 0 Å². The Morgan fingerprint density at radius 2 is 1.49 bits per heavy atom. The van der Waals surface area contributed by atoms with Gasteiger partial charge in [-0.3, -0.25) is 23.7 Å². The van der Waals surface area contributed by atoms with Crippen LogP contribution in [0.5, 0.6) is 0 Å². The Morgan fingerprint density at radius 3 is 2.15 bits per heavy atom. The highest BCUT2D eigenvalue weighted by molar-refractivity contribution is 8.00. The molecule has 4 aromatic rings. The Hall–Kier alpha value is -4.09. The van der Waals surface area contributed by atoms with Gasteiger partial charge in [-0.15, -0.1) is 0 Å². The molecule has 0 bridgehead atoms. The molecule has 1 saturated heterocycles. The summed E-state index contributed by atoms with van der Waals surface area (Å²) in [6.07, 6.45) is 0. The largest absolute Gasteiger partial charge is 0.325 e. The summed E-state index contributed by atoms with van der Waals surface area (Å²) in [5, 5.41) is 2.28. The van der Waals surface area contributed by atoms with Crippen LogP contribution in [0.1, 0.15) is 16.4 Å². The van der Waals surface area contributed by atoms with Crippen LogP contribution in [0.4, 0.5) is 20.2 Å². The number of halogens is 2. The van der Waals surface area contributed by atoms with Crippen LogP contribution in [0.25, 0.3) is 0 Å². The van der Waals surface area contributed by atoms with Crippen LogP contribution in [0.3, 0.4) is 0 Å². The molecule has 0 saturated carbocycles. The highest BCUT2D eigenvalue weighted by atomic mass is 32.2. The third-order valence-corrected chi connectivity index (χ3v) is 9.33. The molecule has 2 aliphatic rings. The van der Waals surface area contributed by atoms with Gasteiger partial charge in [0.2, 0.25) is 17.7 Å². The number of rotatable bonds is 5. The second kappa shape index (κ2) is 9.90. The maximum absolute atomic E-state index is 13.8. The van der Waals surface area contributed by atoms with Crippen molar-refractivity contribution >= 4 is 52.2 Å². The molecule has 3 aromatic carbocycles. The first kappa shape index (κ1) is 25.2. The Bertz CT molecular complexity index is 1650. The number of hydrogen-bond acceptors (Lipinski definition) is 6. The van der Waals surface area contributed by atoms with Crippen molar-refractivity contribution in [1.82, 2.24) is 4.57 Å². The van der Waals surface area contributed by atoms with Crippen molar-refractivity contribution in [2.24, 2.45) is 5.92 Å². The number of thioether (sulfide) groups is 1. The van der Waals surface area contributed by atoms with Crippen molar-refractivity contribution in [2.75, 3.05) is 10.2 Å². The van der Waals surface area contributed by atoms with Crippen LogP contribution in [0, 0.1) is 17.6 Å². The van der Waals surface area contributed by atoms with Crippen molar-refractivity contribution in [2.45, 2.75) is 22.7 Å². The molecule has 3 amide bonds. The molecule has 11 heteroatoms. The Morgan fingerprint density at radius 1 is 0.846 bits per heavy atom. The number of benzene rings is 3. The molecular formula is C28H19F2N3O4S2. The summed E-state index contributed by atoms with van der Waals surface area (Å²) in [5.74, 6) is -3.98. The molecule has 0 radical (unpaired) electrons. The number of imide groups is 1. The molecule has 3 heterocycles. The van der Waals surface area contributed by atoms with Crippen LogP contribution in [-0.2, 0) is 20.9 Å². The molecule has 1 fully saturated rings. The number of amides is 3. The molecule has 1 aromatic heterocycles. The van der Waals surface area contributed by atoms with Gasteiger partial charge in [0, 0.05) is 16.5 Å². The lowest BCUT2D eigenvalue weighted by molar-refractivity contribution is -0.122. The van der Waals surface area contributed by atoms with Gasteiger partial charge in [0.1, 0.15) is 23.4 Å². The zero-order valence-corrected chi connectivity index (χ0v) is 21.7. The van der Waals surface area contributed by atoms with Gasteiger partial charge < -0.3 is 5.32 Å². The number of nitrogens with zero attached hydrogens (tertiary/aromatic N) is 2. The average molecular weight is 564 g/mol. The lowest BCUT2D eigenvalue weighted by Gasteiger charge is -2.30. The fourth-order valence-electron chi connectivity index (χ4n) is 4.99. The number of carbonyl (C=O) groups excluding carboxylic acids is 3. The molecule has 3 atom stereocenters. The highest BCUT2D eigenvalue weighted by Crippen LogP contribution is 2.53. The van der Waals surface area contributed by atoms with Gasteiger partial charge in [0.15, 0.2) is 0 Å². The third kappa shape index (κ3) is 4.47. The fourth-order valence-corrected chi connectivity index (χ4v) is 7.77. The van der Waals surface area contributed by atoms with Crippen molar-refractivity contribution in [3.05, 3.63) is 111 Å². The van der Waals surface area contributed by atoms with E-state index >= 15 is 0 Å². The van der Waals surface area contributed by atoms with E-state index in [0.717, 1.165) is 28.0 Å². The molecular weight excluding hydrogens is 544 g/mol. The smallest absolute Gasteiger partial charge is 0.308 e. The van der Waals surface area contributed by atoms with E-state index in [-0.39, 0.29) is 12.2 Å². The molecule has 0 aliphatic carbocycles. The minimum Gasteiger partial charge on any atom is -0.325 e. The van der Waals surface area contributed by atoms with E-state index < -0.39 is 51.3 Å². The third-order valence-electron chi connectivity index (χ3n) is 6.72. The molecule has 6 rings (SSSR count). The lowest BCUT2D eigenvalue weighted by atomic mass is 9.83. The maximum Gasteiger partial charge on any atom is 0.308 e. The quantitative estimate of drug-likeness (QED) is 0.358. The van der Waals surface area contributed by atoms with Gasteiger partial charge in [-0.2, -0.15) is 0 Å². The second-order valence-corrected chi connectivity index (χ2v) is 11.2. The van der Waals surface area contributed by atoms with E-state index in [0.29, 0.717) is 21.2 Å². The summed E-state index contributed by atoms with van der Waals surface area (Å²) in [6.45, 7) is -0.288. The first-order chi connectivity index (χ1) is 18.8. The molecule has 196 valence electrons. The average Bonchev–Trinajstić information content (AvgIpc) is 3.36. The Labute approximate surface area is 229 Å². The minimum absolute atomic E-state index is 0.238.